The Hall–Kier alpha value is -3.52. The van der Waals surface area contributed by atoms with Crippen molar-refractivity contribution in [3.63, 3.8) is 0 Å². The Kier molecular flexibility index (Phi) is 8.62. The molecule has 0 saturated carbocycles. The predicted molar refractivity (Wildman–Crippen MR) is 146 cm³/mol. The Morgan fingerprint density at radius 3 is 2.18 bits per heavy atom. The topological polar surface area (TPSA) is 90.9 Å². The molecule has 3 atom stereocenters. The number of methoxy groups -OCH3 is 1. The largest absolute Gasteiger partial charge is 0.497 e. The van der Waals surface area contributed by atoms with Gasteiger partial charge in [0.05, 0.1) is 25.9 Å². The molecular weight excluding hydrogens is 502 g/mol. The van der Waals surface area contributed by atoms with Gasteiger partial charge in [0.25, 0.3) is 0 Å². The van der Waals surface area contributed by atoms with Crippen LogP contribution in [0.2, 0.25) is 0 Å². The van der Waals surface area contributed by atoms with E-state index in [9.17, 15) is 14.4 Å². The summed E-state index contributed by atoms with van der Waals surface area (Å²) in [4.78, 5) is 41.9. The number of allylic oxidation sites excluding steroid dienone is 3. The van der Waals surface area contributed by atoms with Gasteiger partial charge in [0.15, 0.2) is 5.78 Å². The summed E-state index contributed by atoms with van der Waals surface area (Å²) in [5.41, 5.74) is 3.76. The summed E-state index contributed by atoms with van der Waals surface area (Å²) >= 11 is 1.61. The minimum Gasteiger partial charge on any atom is -0.497 e. The van der Waals surface area contributed by atoms with Crippen molar-refractivity contribution in [1.29, 1.82) is 0 Å². The van der Waals surface area contributed by atoms with Crippen LogP contribution in [-0.4, -0.2) is 44.3 Å². The zero-order chi connectivity index (χ0) is 27.4. The molecule has 0 saturated heterocycles. The molecule has 1 aliphatic carbocycles. The fraction of sp³-hybridized carbons (Fsp3) is 0.367. The summed E-state index contributed by atoms with van der Waals surface area (Å²) < 4.78 is 16.1. The van der Waals surface area contributed by atoms with Gasteiger partial charge >= 0.3 is 11.9 Å². The van der Waals surface area contributed by atoms with E-state index in [0.29, 0.717) is 34.7 Å². The Morgan fingerprint density at radius 2 is 1.61 bits per heavy atom. The van der Waals surface area contributed by atoms with Crippen molar-refractivity contribution in [2.24, 2.45) is 5.92 Å². The first-order valence-electron chi connectivity index (χ1n) is 12.7. The average Bonchev–Trinajstić information content (AvgIpc) is 2.92. The van der Waals surface area contributed by atoms with Crippen LogP contribution < -0.4 is 10.1 Å². The Morgan fingerprint density at radius 1 is 0.974 bits per heavy atom. The molecule has 0 radical (unpaired) electrons. The highest BCUT2D eigenvalue weighted by molar-refractivity contribution is 7.98. The maximum atomic E-state index is 14.3. The van der Waals surface area contributed by atoms with Crippen molar-refractivity contribution in [2.45, 2.75) is 43.9 Å². The second-order valence-electron chi connectivity index (χ2n) is 9.16. The zero-order valence-corrected chi connectivity index (χ0v) is 23.1. The summed E-state index contributed by atoms with van der Waals surface area (Å²) in [5, 5.41) is 3.33. The monoisotopic (exact) mass is 535 g/mol. The number of carbonyl (C=O) groups is 3. The molecule has 1 aliphatic heterocycles. The van der Waals surface area contributed by atoms with Gasteiger partial charge < -0.3 is 19.5 Å². The van der Waals surface area contributed by atoms with Gasteiger partial charge in [0.2, 0.25) is 0 Å². The molecule has 7 nitrogen and oxygen atoms in total. The normalized spacial score (nSPS) is 21.0. The molecule has 0 amide bonds. The zero-order valence-electron chi connectivity index (χ0n) is 22.3. The Balaban J connectivity index is 1.87. The molecule has 1 N–H and O–H groups in total. The van der Waals surface area contributed by atoms with E-state index < -0.39 is 29.7 Å². The van der Waals surface area contributed by atoms with Gasteiger partial charge in [-0.25, -0.2) is 4.79 Å². The average molecular weight is 536 g/mol. The first-order valence-corrected chi connectivity index (χ1v) is 13.9. The van der Waals surface area contributed by atoms with Gasteiger partial charge in [-0.1, -0.05) is 24.3 Å². The second-order valence-corrected chi connectivity index (χ2v) is 10.0. The number of Topliss-reactive ketones (excluding diaryl/α,β-unsaturated/α-hetero) is 1. The quantitative estimate of drug-likeness (QED) is 0.283. The molecule has 2 aromatic rings. The number of hydrogen-bond acceptors (Lipinski definition) is 8. The Bertz CT molecular complexity index is 1280. The number of ether oxygens (including phenoxy) is 3. The third-order valence-electron chi connectivity index (χ3n) is 7.05. The third kappa shape index (κ3) is 5.23. The van der Waals surface area contributed by atoms with Gasteiger partial charge in [0, 0.05) is 33.7 Å². The molecule has 4 rings (SSSR count). The summed E-state index contributed by atoms with van der Waals surface area (Å²) in [6, 6.07) is 15.2. The minimum absolute atomic E-state index is 0.161. The van der Waals surface area contributed by atoms with E-state index in [1.165, 1.54) is 0 Å². The van der Waals surface area contributed by atoms with E-state index in [1.54, 1.807) is 32.7 Å². The van der Waals surface area contributed by atoms with Crippen molar-refractivity contribution in [3.8, 4) is 5.75 Å². The Labute approximate surface area is 227 Å². The van der Waals surface area contributed by atoms with Crippen LogP contribution in [0, 0.1) is 5.92 Å². The predicted octanol–water partition coefficient (Wildman–Crippen LogP) is 5.13. The molecule has 0 aromatic heterocycles. The number of thioether (sulfide) groups is 1. The number of benzene rings is 2. The maximum Gasteiger partial charge on any atom is 0.336 e. The van der Waals surface area contributed by atoms with E-state index in [4.69, 9.17) is 14.2 Å². The van der Waals surface area contributed by atoms with Crippen molar-refractivity contribution < 1.29 is 28.6 Å². The number of esters is 2. The molecule has 0 fully saturated rings. The van der Waals surface area contributed by atoms with Crippen LogP contribution in [0.15, 0.2) is 76.0 Å². The van der Waals surface area contributed by atoms with E-state index in [1.807, 2.05) is 61.7 Å². The molecule has 0 spiro atoms. The SMILES string of the molecule is CCOC(=O)C1=C(C)NC2=C(C(=O)[C@@H](C(=O)OCC)[C@H](c3ccc(OC)cc3)C2)[C@@H]1c1ccc(SC)cc1. The number of nitrogens with one attached hydrogen (secondary N) is 1. The number of ketones is 1. The van der Waals surface area contributed by atoms with Crippen LogP contribution in [0.3, 0.4) is 0 Å². The van der Waals surface area contributed by atoms with Crippen LogP contribution in [0.1, 0.15) is 50.2 Å². The number of hydrogen-bond donors (Lipinski definition) is 1. The molecular formula is C30H33NO6S. The lowest BCUT2D eigenvalue weighted by atomic mass is 9.67. The van der Waals surface area contributed by atoms with Gasteiger partial charge in [-0.2, -0.15) is 0 Å². The number of carbonyl (C=O) groups excluding carboxylic acids is 3. The molecule has 1 heterocycles. The minimum atomic E-state index is -1.04. The van der Waals surface area contributed by atoms with E-state index in [2.05, 4.69) is 5.32 Å². The molecule has 38 heavy (non-hydrogen) atoms. The fourth-order valence-corrected chi connectivity index (χ4v) is 5.72. The molecule has 2 aliphatic rings. The smallest absolute Gasteiger partial charge is 0.336 e. The van der Waals surface area contributed by atoms with Crippen LogP contribution >= 0.6 is 11.8 Å². The standard InChI is InChI=1S/C30H33NO6S/c1-6-36-29(33)24-17(3)31-23-16-22(18-8-12-20(35-4)13-9-18)26(30(34)37-7-2)28(32)27(23)25(24)19-10-14-21(38-5)15-11-19/h8-15,22,25-26,31H,6-7,16H2,1-5H3/t22-,25+,26-/m0/s1. The fourth-order valence-electron chi connectivity index (χ4n) is 5.31. The molecule has 200 valence electrons. The van der Waals surface area contributed by atoms with Crippen LogP contribution in [0.5, 0.6) is 5.75 Å². The van der Waals surface area contributed by atoms with E-state index in [0.717, 1.165) is 16.0 Å². The van der Waals surface area contributed by atoms with Crippen molar-refractivity contribution >= 4 is 29.5 Å². The van der Waals surface area contributed by atoms with Gasteiger partial charge in [0.1, 0.15) is 11.7 Å². The van der Waals surface area contributed by atoms with Gasteiger partial charge in [-0.15, -0.1) is 11.8 Å². The van der Waals surface area contributed by atoms with E-state index in [-0.39, 0.29) is 19.0 Å². The lowest BCUT2D eigenvalue weighted by Crippen LogP contribution is -2.43. The molecule has 2 aromatic carbocycles. The highest BCUT2D eigenvalue weighted by Gasteiger charge is 2.49. The van der Waals surface area contributed by atoms with Crippen LogP contribution in [-0.2, 0) is 23.9 Å². The maximum absolute atomic E-state index is 14.3. The highest BCUT2D eigenvalue weighted by Crippen LogP contribution is 2.48. The van der Waals surface area contributed by atoms with Crippen LogP contribution in [0.4, 0.5) is 0 Å². The summed E-state index contributed by atoms with van der Waals surface area (Å²) in [5.74, 6) is -2.85. The van der Waals surface area contributed by atoms with Gasteiger partial charge in [-0.3, -0.25) is 9.59 Å². The summed E-state index contributed by atoms with van der Waals surface area (Å²) in [6.45, 7) is 5.66. The van der Waals surface area contributed by atoms with Gasteiger partial charge in [-0.05, 0) is 68.8 Å². The first kappa shape index (κ1) is 27.5. The van der Waals surface area contributed by atoms with Crippen molar-refractivity contribution in [1.82, 2.24) is 5.32 Å². The molecule has 8 heteroatoms. The summed E-state index contributed by atoms with van der Waals surface area (Å²) in [7, 11) is 1.59. The van der Waals surface area contributed by atoms with Crippen molar-refractivity contribution in [3.05, 3.63) is 82.2 Å². The van der Waals surface area contributed by atoms with Crippen LogP contribution in [0.25, 0.3) is 0 Å². The lowest BCUT2D eigenvalue weighted by molar-refractivity contribution is -0.152. The number of rotatable bonds is 8. The molecule has 0 bridgehead atoms. The van der Waals surface area contributed by atoms with E-state index >= 15 is 0 Å². The number of dihydropyridines is 1. The van der Waals surface area contributed by atoms with Crippen molar-refractivity contribution in [2.75, 3.05) is 26.6 Å². The molecule has 0 unspecified atom stereocenters. The lowest BCUT2D eigenvalue weighted by Gasteiger charge is -2.39. The first-order chi connectivity index (χ1) is 18.3. The summed E-state index contributed by atoms with van der Waals surface area (Å²) in [6.07, 6.45) is 2.39. The highest BCUT2D eigenvalue weighted by atomic mass is 32.2. The second kappa shape index (κ2) is 11.9. The third-order valence-corrected chi connectivity index (χ3v) is 7.79.